The minimum absolute atomic E-state index is 0.0518. The molecule has 0 spiro atoms. The standard InChI is InChI=1S/C47H69NO4/c1-28(2)46(15,43(50)51)38-21-22-39(31(5)27-38)42(49)32(6)26-33(7)48-25-24-45(14,44(12,13)37(48)11)47(52-16,40-19-17-18-29(3)35(40)9)41-23-20-30(4)34(8)36(41)10/h17-23,27-28,32-33,37,42,49H,24-26H2,1-16H3,(H,50,51)/i17D,18D,19D. The molecule has 7 unspecified atom stereocenters. The van der Waals surface area contributed by atoms with Crippen molar-refractivity contribution in [2.75, 3.05) is 13.7 Å². The van der Waals surface area contributed by atoms with Crippen LogP contribution in [0.2, 0.25) is 0 Å². The lowest BCUT2D eigenvalue weighted by molar-refractivity contribution is -0.192. The molecule has 0 aliphatic carbocycles. The van der Waals surface area contributed by atoms with Crippen LogP contribution in [0.15, 0.2) is 48.5 Å². The molecule has 3 aromatic carbocycles. The molecule has 7 atom stereocenters. The fourth-order valence-electron chi connectivity index (χ4n) is 9.52. The smallest absolute Gasteiger partial charge is 0.314 e. The molecule has 52 heavy (non-hydrogen) atoms. The van der Waals surface area contributed by atoms with E-state index < -0.39 is 33.9 Å². The third-order valence-corrected chi connectivity index (χ3v) is 14.7. The van der Waals surface area contributed by atoms with Crippen LogP contribution in [0, 0.1) is 64.2 Å². The van der Waals surface area contributed by atoms with Crippen molar-refractivity contribution in [3.63, 3.8) is 0 Å². The van der Waals surface area contributed by atoms with Crippen LogP contribution in [0.1, 0.15) is 141 Å². The summed E-state index contributed by atoms with van der Waals surface area (Å²) in [7, 11) is 1.75. The number of likely N-dealkylation sites (tertiary alicyclic amines) is 1. The molecule has 4 rings (SSSR count). The number of piperidine rings is 1. The van der Waals surface area contributed by atoms with E-state index in [1.54, 1.807) is 14.0 Å². The van der Waals surface area contributed by atoms with E-state index in [1.165, 1.54) is 11.1 Å². The number of methoxy groups -OCH3 is 1. The molecule has 1 heterocycles. The van der Waals surface area contributed by atoms with Crippen molar-refractivity contribution in [1.29, 1.82) is 0 Å². The van der Waals surface area contributed by atoms with Gasteiger partial charge in [0.2, 0.25) is 0 Å². The summed E-state index contributed by atoms with van der Waals surface area (Å²) >= 11 is 0. The number of rotatable bonds is 12. The second-order valence-corrected chi connectivity index (χ2v) is 17.5. The fourth-order valence-corrected chi connectivity index (χ4v) is 9.52. The zero-order valence-electron chi connectivity index (χ0n) is 38.1. The molecule has 1 aliphatic heterocycles. The van der Waals surface area contributed by atoms with Gasteiger partial charge in [0.1, 0.15) is 5.60 Å². The van der Waals surface area contributed by atoms with Crippen LogP contribution in [-0.2, 0) is 20.5 Å². The molecular formula is C47H69NO4. The van der Waals surface area contributed by atoms with Gasteiger partial charge in [-0.25, -0.2) is 0 Å². The van der Waals surface area contributed by atoms with Crippen LogP contribution in [0.4, 0.5) is 0 Å². The first-order valence-corrected chi connectivity index (χ1v) is 19.3. The lowest BCUT2D eigenvalue weighted by Gasteiger charge is -2.64. The predicted octanol–water partition coefficient (Wildman–Crippen LogP) is 10.7. The highest BCUT2D eigenvalue weighted by atomic mass is 16.5. The van der Waals surface area contributed by atoms with E-state index in [-0.39, 0.29) is 42.0 Å². The lowest BCUT2D eigenvalue weighted by Crippen LogP contribution is -2.66. The maximum atomic E-state index is 12.3. The number of carbonyl (C=O) groups is 1. The Morgan fingerprint density at radius 3 is 2.13 bits per heavy atom. The summed E-state index contributed by atoms with van der Waals surface area (Å²) in [6, 6.07) is 10.3. The van der Waals surface area contributed by atoms with Crippen molar-refractivity contribution >= 4 is 5.97 Å². The van der Waals surface area contributed by atoms with Crippen LogP contribution in [0.3, 0.4) is 0 Å². The fraction of sp³-hybridized carbons (Fsp3) is 0.596. The first-order chi connectivity index (χ1) is 25.3. The Morgan fingerprint density at radius 2 is 1.58 bits per heavy atom. The number of aliphatic hydroxyl groups is 1. The van der Waals surface area contributed by atoms with Gasteiger partial charge in [-0.3, -0.25) is 9.69 Å². The third kappa shape index (κ3) is 6.47. The molecule has 0 amide bonds. The minimum atomic E-state index is -1.10. The Hall–Kier alpha value is -2.99. The van der Waals surface area contributed by atoms with Crippen LogP contribution >= 0.6 is 0 Å². The number of hydrogen-bond donors (Lipinski definition) is 2. The summed E-state index contributed by atoms with van der Waals surface area (Å²) in [5.41, 5.74) is 6.09. The van der Waals surface area contributed by atoms with Crippen molar-refractivity contribution in [3.05, 3.63) is 104 Å². The first kappa shape index (κ1) is 37.3. The monoisotopic (exact) mass is 715 g/mol. The Bertz CT molecular complexity index is 1910. The minimum Gasteiger partial charge on any atom is -0.481 e. The number of aryl methyl sites for hydroxylation is 2. The number of aliphatic carboxylic acids is 1. The number of ether oxygens (including phenoxy) is 1. The maximum absolute atomic E-state index is 12.3. The van der Waals surface area contributed by atoms with Crippen molar-refractivity contribution in [2.45, 2.75) is 146 Å². The molecule has 0 bridgehead atoms. The summed E-state index contributed by atoms with van der Waals surface area (Å²) < 4.78 is 34.1. The van der Waals surface area contributed by atoms with E-state index in [4.69, 9.17) is 7.48 Å². The van der Waals surface area contributed by atoms with E-state index in [9.17, 15) is 16.4 Å². The van der Waals surface area contributed by atoms with Gasteiger partial charge in [-0.05, 0) is 155 Å². The lowest BCUT2D eigenvalue weighted by atomic mass is 9.48. The summed E-state index contributed by atoms with van der Waals surface area (Å²) in [5, 5.41) is 21.9. The van der Waals surface area contributed by atoms with Gasteiger partial charge in [0, 0.05) is 24.6 Å². The van der Waals surface area contributed by atoms with E-state index in [0.29, 0.717) is 11.1 Å². The second-order valence-electron chi connectivity index (χ2n) is 17.5. The molecule has 0 saturated carbocycles. The average molecular weight is 715 g/mol. The van der Waals surface area contributed by atoms with Crippen molar-refractivity contribution < 1.29 is 23.9 Å². The molecule has 1 aliphatic rings. The largest absolute Gasteiger partial charge is 0.481 e. The van der Waals surface area contributed by atoms with Gasteiger partial charge >= 0.3 is 5.97 Å². The summed E-state index contributed by atoms with van der Waals surface area (Å²) in [5.74, 6) is -1.01. The normalized spacial score (nSPS) is 24.3. The van der Waals surface area contributed by atoms with Crippen molar-refractivity contribution in [3.8, 4) is 0 Å². The van der Waals surface area contributed by atoms with Gasteiger partial charge in [0.05, 0.1) is 15.6 Å². The van der Waals surface area contributed by atoms with Crippen LogP contribution in [-0.4, -0.2) is 46.8 Å². The Morgan fingerprint density at radius 1 is 0.942 bits per heavy atom. The zero-order chi connectivity index (χ0) is 41.9. The predicted molar refractivity (Wildman–Crippen MR) is 216 cm³/mol. The van der Waals surface area contributed by atoms with E-state index >= 15 is 0 Å². The average Bonchev–Trinajstić information content (AvgIpc) is 3.12. The molecule has 1 saturated heterocycles. The maximum Gasteiger partial charge on any atom is 0.314 e. The van der Waals surface area contributed by atoms with Crippen molar-refractivity contribution in [1.82, 2.24) is 4.90 Å². The first-order valence-electron chi connectivity index (χ1n) is 20.8. The molecule has 5 heteroatoms. The summed E-state index contributed by atoms with van der Waals surface area (Å²) in [4.78, 5) is 14.9. The van der Waals surface area contributed by atoms with Gasteiger partial charge in [-0.2, -0.15) is 0 Å². The second kappa shape index (κ2) is 15.0. The molecule has 1 fully saturated rings. The highest BCUT2D eigenvalue weighted by molar-refractivity contribution is 5.81. The third-order valence-electron chi connectivity index (χ3n) is 14.7. The number of hydrogen-bond acceptors (Lipinski definition) is 4. The molecule has 2 N–H and O–H groups in total. The molecule has 286 valence electrons. The van der Waals surface area contributed by atoms with E-state index in [0.717, 1.165) is 52.8 Å². The van der Waals surface area contributed by atoms with Crippen LogP contribution < -0.4 is 0 Å². The highest BCUT2D eigenvalue weighted by Gasteiger charge is 2.63. The van der Waals surface area contributed by atoms with Gasteiger partial charge in [0.15, 0.2) is 0 Å². The number of benzene rings is 3. The Balaban J connectivity index is 1.76. The number of aliphatic hydroxyl groups excluding tert-OH is 1. The van der Waals surface area contributed by atoms with E-state index in [1.807, 2.05) is 52.8 Å². The Kier molecular flexibility index (Phi) is 10.8. The molecule has 0 radical (unpaired) electrons. The number of nitrogens with zero attached hydrogens (tertiary/aromatic N) is 1. The number of carboxylic acids is 1. The van der Waals surface area contributed by atoms with Gasteiger partial charge in [-0.1, -0.05) is 90.0 Å². The molecule has 3 aromatic rings. The quantitative estimate of drug-likeness (QED) is 0.195. The van der Waals surface area contributed by atoms with E-state index in [2.05, 4.69) is 79.3 Å². The molecule has 5 nitrogen and oxygen atoms in total. The van der Waals surface area contributed by atoms with Crippen LogP contribution in [0.25, 0.3) is 0 Å². The summed E-state index contributed by atoms with van der Waals surface area (Å²) in [6.07, 6.45) is 0.796. The Labute approximate surface area is 320 Å². The highest BCUT2D eigenvalue weighted by Crippen LogP contribution is 2.63. The van der Waals surface area contributed by atoms with Gasteiger partial charge < -0.3 is 14.9 Å². The van der Waals surface area contributed by atoms with Crippen molar-refractivity contribution in [2.24, 2.45) is 22.7 Å². The topological polar surface area (TPSA) is 70.0 Å². The van der Waals surface area contributed by atoms with Gasteiger partial charge in [0.25, 0.3) is 0 Å². The molecular weight excluding hydrogens is 643 g/mol. The van der Waals surface area contributed by atoms with Crippen LogP contribution in [0.5, 0.6) is 0 Å². The summed E-state index contributed by atoms with van der Waals surface area (Å²) in [6.45, 7) is 32.2. The molecule has 0 aromatic heterocycles. The number of carboxylic acid groups (broad SMARTS) is 1. The zero-order valence-corrected chi connectivity index (χ0v) is 35.1. The van der Waals surface area contributed by atoms with Gasteiger partial charge in [-0.15, -0.1) is 0 Å². The SMILES string of the molecule is [2H]c1c([2H])c(C)c(C)c(C(OC)(c2ccc(C)c(C)c2C)C2(C)CCN(C(C)CC(C)C(O)c3ccc(C(C)(C(=O)O)C(C)C)cc3C)C(C)C2(C)C)c1[2H].